The van der Waals surface area contributed by atoms with E-state index in [1.54, 1.807) is 0 Å². The molecule has 0 saturated heterocycles. The zero-order valence-electron chi connectivity index (χ0n) is 10.9. The van der Waals surface area contributed by atoms with Crippen molar-refractivity contribution in [1.29, 1.82) is 0 Å². The number of hydrogen-bond donors (Lipinski definition) is 0. The first kappa shape index (κ1) is 14.5. The van der Waals surface area contributed by atoms with Crippen LogP contribution in [0.1, 0.15) is 25.7 Å². The summed E-state index contributed by atoms with van der Waals surface area (Å²) >= 11 is 0. The number of hydrogen-bond acceptors (Lipinski definition) is 4. The van der Waals surface area contributed by atoms with E-state index in [2.05, 4.69) is 9.47 Å². The smallest absolute Gasteiger partial charge is 0.306 e. The lowest BCUT2D eigenvalue weighted by atomic mass is 9.92. The zero-order valence-corrected chi connectivity index (χ0v) is 10.9. The summed E-state index contributed by atoms with van der Waals surface area (Å²) in [7, 11) is 2.80. The number of esters is 2. The molecule has 0 saturated carbocycles. The standard InChI is InChI=1S/C14H20O4/c1-17-13(15)9-11-5-3-7-12(8-4-6-11)10-14(16)18-2/h3-5,8,11-12H,6-7,9-10H2,1-2H3/b5-3-,8-4-/t11-,12-. The van der Waals surface area contributed by atoms with Gasteiger partial charge in [0.05, 0.1) is 27.1 Å². The molecule has 0 amide bonds. The molecule has 2 atom stereocenters. The monoisotopic (exact) mass is 252 g/mol. The SMILES string of the molecule is COC(=O)C[C@@H]1/C=C\C[C@@H](CC(=O)OC)/C=C\C1. The summed E-state index contributed by atoms with van der Waals surface area (Å²) in [5.74, 6) is -0.00461. The predicted octanol–water partition coefficient (Wildman–Crippen LogP) is 2.25. The molecule has 18 heavy (non-hydrogen) atoms. The molecule has 0 aromatic rings. The molecule has 4 nitrogen and oxygen atoms in total. The summed E-state index contributed by atoms with van der Waals surface area (Å²) in [4.78, 5) is 22.4. The van der Waals surface area contributed by atoms with Gasteiger partial charge in [-0.1, -0.05) is 24.3 Å². The van der Waals surface area contributed by atoms with Crippen molar-refractivity contribution in [1.82, 2.24) is 0 Å². The first-order valence-electron chi connectivity index (χ1n) is 6.12. The minimum absolute atomic E-state index is 0.188. The fourth-order valence-electron chi connectivity index (χ4n) is 1.95. The molecule has 0 unspecified atom stereocenters. The van der Waals surface area contributed by atoms with Crippen LogP contribution in [0, 0.1) is 11.8 Å². The lowest BCUT2D eigenvalue weighted by Crippen LogP contribution is -2.11. The quantitative estimate of drug-likeness (QED) is 0.569. The fraction of sp³-hybridized carbons (Fsp3) is 0.571. The lowest BCUT2D eigenvalue weighted by molar-refractivity contribution is -0.142. The topological polar surface area (TPSA) is 52.6 Å². The molecule has 0 aromatic carbocycles. The maximum Gasteiger partial charge on any atom is 0.306 e. The fourth-order valence-corrected chi connectivity index (χ4v) is 1.95. The molecular weight excluding hydrogens is 232 g/mol. The molecule has 100 valence electrons. The van der Waals surface area contributed by atoms with Crippen molar-refractivity contribution >= 4 is 11.9 Å². The van der Waals surface area contributed by atoms with Gasteiger partial charge in [-0.3, -0.25) is 9.59 Å². The second kappa shape index (κ2) is 7.69. The summed E-state index contributed by atoms with van der Waals surface area (Å²) in [5.41, 5.74) is 0. The van der Waals surface area contributed by atoms with Crippen molar-refractivity contribution in [3.8, 4) is 0 Å². The van der Waals surface area contributed by atoms with Crippen LogP contribution in [0.2, 0.25) is 0 Å². The van der Waals surface area contributed by atoms with E-state index < -0.39 is 0 Å². The Morgan fingerprint density at radius 3 is 1.67 bits per heavy atom. The summed E-state index contributed by atoms with van der Waals surface area (Å²) in [6, 6.07) is 0. The highest BCUT2D eigenvalue weighted by Crippen LogP contribution is 2.20. The van der Waals surface area contributed by atoms with Crippen LogP contribution in [0.5, 0.6) is 0 Å². The molecule has 1 rings (SSSR count). The van der Waals surface area contributed by atoms with Gasteiger partial charge in [-0.2, -0.15) is 0 Å². The van der Waals surface area contributed by atoms with Crippen molar-refractivity contribution in [2.75, 3.05) is 14.2 Å². The summed E-state index contributed by atoms with van der Waals surface area (Å²) in [6.45, 7) is 0. The molecule has 0 N–H and O–H groups in total. The lowest BCUT2D eigenvalue weighted by Gasteiger charge is -2.14. The van der Waals surface area contributed by atoms with Gasteiger partial charge in [0.15, 0.2) is 0 Å². The molecule has 0 bridgehead atoms. The molecular formula is C14H20O4. The van der Waals surface area contributed by atoms with Gasteiger partial charge < -0.3 is 9.47 Å². The van der Waals surface area contributed by atoms with Crippen molar-refractivity contribution in [3.63, 3.8) is 0 Å². The maximum atomic E-state index is 11.2. The highest BCUT2D eigenvalue weighted by atomic mass is 16.5. The van der Waals surface area contributed by atoms with E-state index in [9.17, 15) is 9.59 Å². The van der Waals surface area contributed by atoms with Crippen LogP contribution >= 0.6 is 0 Å². The van der Waals surface area contributed by atoms with Gasteiger partial charge in [-0.15, -0.1) is 0 Å². The van der Waals surface area contributed by atoms with Crippen molar-refractivity contribution < 1.29 is 19.1 Å². The van der Waals surface area contributed by atoms with E-state index in [1.165, 1.54) is 14.2 Å². The molecule has 1 aliphatic carbocycles. The van der Waals surface area contributed by atoms with Gasteiger partial charge in [0, 0.05) is 0 Å². The van der Waals surface area contributed by atoms with E-state index in [1.807, 2.05) is 24.3 Å². The average molecular weight is 252 g/mol. The minimum atomic E-state index is -0.190. The Bertz CT molecular complexity index is 310. The normalized spacial score (nSPS) is 26.6. The number of rotatable bonds is 4. The third-order valence-corrected chi connectivity index (χ3v) is 3.01. The van der Waals surface area contributed by atoms with Gasteiger partial charge in [0.25, 0.3) is 0 Å². The Balaban J connectivity index is 2.47. The second-order valence-corrected chi connectivity index (χ2v) is 4.41. The molecule has 0 fully saturated rings. The Morgan fingerprint density at radius 2 is 1.33 bits per heavy atom. The Morgan fingerprint density at radius 1 is 0.944 bits per heavy atom. The molecule has 1 aliphatic rings. The maximum absolute atomic E-state index is 11.2. The summed E-state index contributed by atoms with van der Waals surface area (Å²) in [5, 5.41) is 0. The Kier molecular flexibility index (Phi) is 6.19. The molecule has 0 aliphatic heterocycles. The Hall–Kier alpha value is -1.58. The minimum Gasteiger partial charge on any atom is -0.469 e. The number of carbonyl (C=O) groups excluding carboxylic acids is 2. The van der Waals surface area contributed by atoms with Crippen LogP contribution < -0.4 is 0 Å². The number of methoxy groups -OCH3 is 2. The second-order valence-electron chi connectivity index (χ2n) is 4.41. The first-order chi connectivity index (χ1) is 8.65. The van der Waals surface area contributed by atoms with Crippen molar-refractivity contribution in [2.45, 2.75) is 25.7 Å². The van der Waals surface area contributed by atoms with Crippen LogP contribution in [-0.2, 0) is 19.1 Å². The van der Waals surface area contributed by atoms with Crippen molar-refractivity contribution in [3.05, 3.63) is 24.3 Å². The number of carbonyl (C=O) groups is 2. The van der Waals surface area contributed by atoms with E-state index in [-0.39, 0.29) is 23.8 Å². The van der Waals surface area contributed by atoms with E-state index in [4.69, 9.17) is 0 Å². The third kappa shape index (κ3) is 5.17. The van der Waals surface area contributed by atoms with Crippen LogP contribution in [0.15, 0.2) is 24.3 Å². The van der Waals surface area contributed by atoms with Gasteiger partial charge in [0.1, 0.15) is 0 Å². The zero-order chi connectivity index (χ0) is 13.4. The average Bonchev–Trinajstić information content (AvgIpc) is 2.34. The van der Waals surface area contributed by atoms with Crippen molar-refractivity contribution in [2.24, 2.45) is 11.8 Å². The third-order valence-electron chi connectivity index (χ3n) is 3.01. The van der Waals surface area contributed by atoms with Crippen LogP contribution in [0.3, 0.4) is 0 Å². The highest BCUT2D eigenvalue weighted by Gasteiger charge is 2.14. The van der Waals surface area contributed by atoms with Crippen LogP contribution in [-0.4, -0.2) is 26.2 Å². The van der Waals surface area contributed by atoms with Crippen LogP contribution in [0.25, 0.3) is 0 Å². The molecule has 0 radical (unpaired) electrons. The van der Waals surface area contributed by atoms with E-state index in [0.717, 1.165) is 12.8 Å². The highest BCUT2D eigenvalue weighted by molar-refractivity contribution is 5.70. The molecule has 0 spiro atoms. The molecule has 0 heterocycles. The van der Waals surface area contributed by atoms with Gasteiger partial charge in [-0.05, 0) is 24.7 Å². The first-order valence-corrected chi connectivity index (χ1v) is 6.12. The summed E-state index contributed by atoms with van der Waals surface area (Å²) < 4.78 is 9.31. The largest absolute Gasteiger partial charge is 0.469 e. The Labute approximate surface area is 108 Å². The molecule has 0 aromatic heterocycles. The number of allylic oxidation sites excluding steroid dienone is 4. The van der Waals surface area contributed by atoms with Gasteiger partial charge in [-0.25, -0.2) is 0 Å². The van der Waals surface area contributed by atoms with E-state index >= 15 is 0 Å². The van der Waals surface area contributed by atoms with E-state index in [0.29, 0.717) is 12.8 Å². The van der Waals surface area contributed by atoms with Gasteiger partial charge >= 0.3 is 11.9 Å². The number of ether oxygens (including phenoxy) is 2. The summed E-state index contributed by atoms with van der Waals surface area (Å²) in [6.07, 6.45) is 10.5. The predicted molar refractivity (Wildman–Crippen MR) is 67.8 cm³/mol. The molecule has 4 heteroatoms. The van der Waals surface area contributed by atoms with Crippen LogP contribution in [0.4, 0.5) is 0 Å². The van der Waals surface area contributed by atoms with Gasteiger partial charge in [0.2, 0.25) is 0 Å².